The summed E-state index contributed by atoms with van der Waals surface area (Å²) in [5, 5.41) is 1.27. The fourth-order valence-corrected chi connectivity index (χ4v) is 4.69. The number of hydrazine groups is 1. The lowest BCUT2D eigenvalue weighted by molar-refractivity contribution is -0.117. The Morgan fingerprint density at radius 2 is 1.66 bits per heavy atom. The summed E-state index contributed by atoms with van der Waals surface area (Å²) in [5.41, 5.74) is 8.00. The summed E-state index contributed by atoms with van der Waals surface area (Å²) in [4.78, 5) is 25.6. The Balaban J connectivity index is 1.19. The number of nitrogens with one attached hydrogen (secondary N) is 1. The molecule has 1 saturated heterocycles. The van der Waals surface area contributed by atoms with E-state index in [-0.39, 0.29) is 18.3 Å². The van der Waals surface area contributed by atoms with Crippen molar-refractivity contribution in [3.8, 4) is 22.9 Å². The van der Waals surface area contributed by atoms with Crippen LogP contribution in [0.25, 0.3) is 11.8 Å². The summed E-state index contributed by atoms with van der Waals surface area (Å²) in [6.45, 7) is 4.61. The predicted octanol–water partition coefficient (Wildman–Crippen LogP) is 4.86. The van der Waals surface area contributed by atoms with Crippen LogP contribution >= 0.6 is 0 Å². The molecule has 0 aliphatic carbocycles. The normalized spacial score (nSPS) is 15.3. The first kappa shape index (κ1) is 23.4. The van der Waals surface area contributed by atoms with Gasteiger partial charge in [0, 0.05) is 17.1 Å². The van der Waals surface area contributed by atoms with E-state index in [1.165, 1.54) is 5.01 Å². The van der Waals surface area contributed by atoms with Crippen molar-refractivity contribution in [1.82, 2.24) is 9.99 Å². The average molecular weight is 508 g/mol. The van der Waals surface area contributed by atoms with E-state index in [0.29, 0.717) is 12.3 Å². The van der Waals surface area contributed by atoms with Crippen molar-refractivity contribution in [3.63, 3.8) is 0 Å². The number of hydrogen-bond donors (Lipinski definition) is 1. The molecule has 2 aliphatic rings. The molecule has 0 saturated carbocycles. The summed E-state index contributed by atoms with van der Waals surface area (Å²) in [5.74, 6) is 1.42. The molecule has 0 spiro atoms. The van der Waals surface area contributed by atoms with Crippen LogP contribution in [0, 0.1) is 13.8 Å². The zero-order valence-electron chi connectivity index (χ0n) is 20.9. The Kier molecular flexibility index (Phi) is 5.84. The molecule has 2 amide bonds. The van der Waals surface area contributed by atoms with E-state index in [1.807, 2.05) is 80.6 Å². The summed E-state index contributed by atoms with van der Waals surface area (Å²) in [6.07, 6.45) is 1.66. The molecule has 2 aliphatic heterocycles. The third-order valence-electron chi connectivity index (χ3n) is 6.61. The number of hydrogen-bond acceptors (Lipinski definition) is 5. The average Bonchev–Trinajstić information content (AvgIpc) is 3.60. The van der Waals surface area contributed by atoms with E-state index in [2.05, 4.69) is 9.99 Å². The molecule has 190 valence electrons. The van der Waals surface area contributed by atoms with Crippen molar-refractivity contribution < 1.29 is 23.8 Å². The fourth-order valence-electron chi connectivity index (χ4n) is 4.69. The van der Waals surface area contributed by atoms with Crippen LogP contribution in [0.1, 0.15) is 22.5 Å². The van der Waals surface area contributed by atoms with Gasteiger partial charge in [0.05, 0.1) is 5.69 Å². The van der Waals surface area contributed by atoms with Crippen LogP contribution in [-0.2, 0) is 16.2 Å². The maximum Gasteiger partial charge on any atom is 0.282 e. The third kappa shape index (κ3) is 4.26. The summed E-state index contributed by atoms with van der Waals surface area (Å²) in [6, 6.07) is 24.6. The third-order valence-corrected chi connectivity index (χ3v) is 6.61. The Morgan fingerprint density at radius 3 is 2.45 bits per heavy atom. The number of nitrogens with zero attached hydrogens (tertiary/aromatic N) is 2. The first-order chi connectivity index (χ1) is 18.5. The first-order valence-corrected chi connectivity index (χ1v) is 12.2. The topological polar surface area (TPSA) is 82.0 Å². The number of fused-ring (bicyclic) bond motifs is 1. The minimum absolute atomic E-state index is 0.0985. The summed E-state index contributed by atoms with van der Waals surface area (Å²) in [7, 11) is 0. The minimum Gasteiger partial charge on any atom is -0.489 e. The molecule has 0 unspecified atom stereocenters. The molecular formula is C30H25N3O5. The van der Waals surface area contributed by atoms with Crippen molar-refractivity contribution in [2.75, 3.05) is 11.8 Å². The predicted molar refractivity (Wildman–Crippen MR) is 142 cm³/mol. The molecule has 4 aromatic rings. The van der Waals surface area contributed by atoms with Gasteiger partial charge in [-0.1, -0.05) is 24.3 Å². The number of carbonyl (C=O) groups excluding carboxylic acids is 2. The summed E-state index contributed by atoms with van der Waals surface area (Å²) >= 11 is 0. The van der Waals surface area contributed by atoms with Crippen molar-refractivity contribution in [3.05, 3.63) is 107 Å². The molecule has 1 aromatic heterocycles. The highest BCUT2D eigenvalue weighted by Crippen LogP contribution is 2.33. The highest BCUT2D eigenvalue weighted by atomic mass is 16.7. The van der Waals surface area contributed by atoms with Gasteiger partial charge in [-0.25, -0.2) is 5.01 Å². The monoisotopic (exact) mass is 507 g/mol. The highest BCUT2D eigenvalue weighted by molar-refractivity contribution is 6.31. The SMILES string of the molecule is Cc1cc(/C=C2/C(=O)NN(c3ccccc3)C2=O)c(C)n1-c1ccc(OCc2ccc3c(c2)OCO3)cc1. The van der Waals surface area contributed by atoms with Crippen LogP contribution in [0.4, 0.5) is 5.69 Å². The van der Waals surface area contributed by atoms with Gasteiger partial charge in [-0.2, -0.15) is 0 Å². The van der Waals surface area contributed by atoms with Crippen LogP contribution in [0.5, 0.6) is 17.2 Å². The Morgan fingerprint density at radius 1 is 0.895 bits per heavy atom. The smallest absolute Gasteiger partial charge is 0.282 e. The van der Waals surface area contributed by atoms with Gasteiger partial charge in [-0.05, 0) is 85.6 Å². The molecule has 8 nitrogen and oxygen atoms in total. The lowest BCUT2D eigenvalue weighted by Crippen LogP contribution is -2.35. The van der Waals surface area contributed by atoms with Crippen LogP contribution in [0.3, 0.4) is 0 Å². The standard InChI is InChI=1S/C30H25N3O5/c1-19-14-22(16-26-29(34)31-33(30(26)35)24-6-4-3-5-7-24)20(2)32(19)23-9-11-25(12-10-23)36-17-21-8-13-27-28(15-21)38-18-37-27/h3-16H,17-18H2,1-2H3,(H,31,34)/b26-16-. The quantitative estimate of drug-likeness (QED) is 0.298. The van der Waals surface area contributed by atoms with Crippen molar-refractivity contribution >= 4 is 23.6 Å². The number of rotatable bonds is 6. The second-order valence-electron chi connectivity index (χ2n) is 9.11. The Bertz CT molecular complexity index is 1570. The van der Waals surface area contributed by atoms with Crippen molar-refractivity contribution in [1.29, 1.82) is 0 Å². The molecule has 8 heteroatoms. The Hall–Kier alpha value is -4.98. The number of benzene rings is 3. The largest absolute Gasteiger partial charge is 0.489 e. The van der Waals surface area contributed by atoms with E-state index in [9.17, 15) is 9.59 Å². The van der Waals surface area contributed by atoms with Crippen molar-refractivity contribution in [2.45, 2.75) is 20.5 Å². The number of para-hydroxylation sites is 1. The molecule has 38 heavy (non-hydrogen) atoms. The van der Waals surface area contributed by atoms with Gasteiger partial charge >= 0.3 is 0 Å². The molecule has 1 fully saturated rings. The molecule has 3 aromatic carbocycles. The maximum absolute atomic E-state index is 13.0. The zero-order valence-corrected chi connectivity index (χ0v) is 20.9. The molecule has 6 rings (SSSR count). The Labute approximate surface area is 219 Å². The van der Waals surface area contributed by atoms with E-state index >= 15 is 0 Å². The maximum atomic E-state index is 13.0. The molecule has 1 N–H and O–H groups in total. The lowest BCUT2D eigenvalue weighted by atomic mass is 10.1. The zero-order chi connectivity index (χ0) is 26.2. The number of carbonyl (C=O) groups is 2. The van der Waals surface area contributed by atoms with Gasteiger partial charge in [-0.15, -0.1) is 0 Å². The van der Waals surface area contributed by atoms with Crippen LogP contribution in [0.15, 0.2) is 84.4 Å². The minimum atomic E-state index is -0.424. The number of amides is 2. The second-order valence-corrected chi connectivity index (χ2v) is 9.11. The molecule has 0 radical (unpaired) electrons. The number of anilines is 1. The van der Waals surface area contributed by atoms with Gasteiger partial charge in [0.2, 0.25) is 6.79 Å². The van der Waals surface area contributed by atoms with Gasteiger partial charge in [0.15, 0.2) is 11.5 Å². The van der Waals surface area contributed by atoms with Gasteiger partial charge in [-0.3, -0.25) is 15.0 Å². The van der Waals surface area contributed by atoms with Crippen molar-refractivity contribution in [2.24, 2.45) is 0 Å². The van der Waals surface area contributed by atoms with Crippen LogP contribution in [0.2, 0.25) is 0 Å². The molecule has 0 bridgehead atoms. The van der Waals surface area contributed by atoms with E-state index in [4.69, 9.17) is 14.2 Å². The summed E-state index contributed by atoms with van der Waals surface area (Å²) < 4.78 is 18.8. The first-order valence-electron chi connectivity index (χ1n) is 12.2. The van der Waals surface area contributed by atoms with Crippen LogP contribution < -0.4 is 24.6 Å². The molecule has 0 atom stereocenters. The number of aromatic nitrogens is 1. The van der Waals surface area contributed by atoms with Gasteiger partial charge < -0.3 is 18.8 Å². The van der Waals surface area contributed by atoms with Gasteiger partial charge in [0.1, 0.15) is 17.9 Å². The van der Waals surface area contributed by atoms with E-state index in [1.54, 1.807) is 18.2 Å². The van der Waals surface area contributed by atoms with Gasteiger partial charge in [0.25, 0.3) is 11.8 Å². The lowest BCUT2D eigenvalue weighted by Gasteiger charge is -2.13. The van der Waals surface area contributed by atoms with E-state index in [0.717, 1.165) is 45.5 Å². The molecular weight excluding hydrogens is 482 g/mol. The van der Waals surface area contributed by atoms with E-state index < -0.39 is 5.91 Å². The number of ether oxygens (including phenoxy) is 3. The van der Waals surface area contributed by atoms with Crippen LogP contribution in [-0.4, -0.2) is 23.2 Å². The highest BCUT2D eigenvalue weighted by Gasteiger charge is 2.34. The molecule has 3 heterocycles. The number of aryl methyl sites for hydroxylation is 1. The fraction of sp³-hybridized carbons (Fsp3) is 0.133. The second kappa shape index (κ2) is 9.48.